The quantitative estimate of drug-likeness (QED) is 0.286. The Morgan fingerprint density at radius 3 is 2.40 bits per heavy atom. The van der Waals surface area contributed by atoms with Crippen LogP contribution in [0.15, 0.2) is 0 Å². The number of rotatable bonds is 0. The third-order valence-electron chi connectivity index (χ3n) is 0.244. The molecule has 0 fully saturated rings. The number of hydrogen-bond acceptors (Lipinski definition) is 0. The van der Waals surface area contributed by atoms with Gasteiger partial charge in [-0.15, -0.1) is 5.92 Å². The summed E-state index contributed by atoms with van der Waals surface area (Å²) in [5, 5.41) is 0. The fourth-order valence-corrected chi connectivity index (χ4v) is 0.448. The maximum atomic E-state index is 2.85. The molecule has 0 amide bonds. The van der Waals surface area contributed by atoms with Gasteiger partial charge in [0, 0.05) is 22.6 Å². The summed E-state index contributed by atoms with van der Waals surface area (Å²) in [6, 6.07) is 0. The van der Waals surface area contributed by atoms with Crippen molar-refractivity contribution in [1.82, 2.24) is 0 Å². The molecule has 0 aliphatic heterocycles. The van der Waals surface area contributed by atoms with Crippen LogP contribution in [0.1, 0.15) is 0 Å². The van der Waals surface area contributed by atoms with Gasteiger partial charge in [0.25, 0.3) is 0 Å². The van der Waals surface area contributed by atoms with Gasteiger partial charge in [-0.25, -0.2) is 0 Å². The van der Waals surface area contributed by atoms with Crippen LogP contribution in [-0.2, 0) is 0 Å². The molecule has 0 heterocycles. The molecule has 2 heteroatoms. The van der Waals surface area contributed by atoms with Crippen molar-refractivity contribution in [3.05, 3.63) is 0 Å². The Kier molecular flexibility index (Phi) is 4.66. The maximum Gasteiger partial charge on any atom is 0.116 e. The Bertz CT molecular complexity index is 59.0. The van der Waals surface area contributed by atoms with Gasteiger partial charge in [0.15, 0.2) is 0 Å². The summed E-state index contributed by atoms with van der Waals surface area (Å²) >= 11 is 2.03. The first-order valence-electron chi connectivity index (χ1n) is 1.50. The van der Waals surface area contributed by atoms with Crippen molar-refractivity contribution in [2.75, 3.05) is 0 Å². The van der Waals surface area contributed by atoms with Crippen LogP contribution >= 0.6 is 22.6 Å². The van der Waals surface area contributed by atoms with E-state index in [1.165, 1.54) is 0 Å². The third kappa shape index (κ3) is 4.35. The van der Waals surface area contributed by atoms with Crippen LogP contribution in [-0.4, -0.2) is 7.85 Å². The zero-order valence-electron chi connectivity index (χ0n) is 3.09. The van der Waals surface area contributed by atoms with Crippen LogP contribution in [0.25, 0.3) is 0 Å². The molecule has 0 radical (unpaired) electrons. The molecule has 0 aromatic carbocycles. The lowest BCUT2D eigenvalue weighted by Crippen LogP contribution is -1.51. The van der Waals surface area contributed by atoms with Crippen molar-refractivity contribution < 1.29 is 0 Å². The monoisotopic (exact) mass is 178 g/mol. The lowest BCUT2D eigenvalue weighted by atomic mass is 10.1. The van der Waals surface area contributed by atoms with Crippen molar-refractivity contribution in [1.29, 1.82) is 0 Å². The second-order valence-corrected chi connectivity index (χ2v) is 1.16. The van der Waals surface area contributed by atoms with Crippen LogP contribution in [0.5, 0.6) is 0 Å². The van der Waals surface area contributed by atoms with E-state index in [0.717, 1.165) is 6.32 Å². The van der Waals surface area contributed by atoms with Gasteiger partial charge in [0.05, 0.1) is 0 Å². The normalized spacial score (nSPS) is 5.00. The summed E-state index contributed by atoms with van der Waals surface area (Å²) in [7, 11) is 2.03. The molecule has 0 atom stereocenters. The van der Waals surface area contributed by atoms with E-state index in [2.05, 4.69) is 9.85 Å². The molecule has 0 nitrogen and oxygen atoms in total. The zero-order chi connectivity index (χ0) is 4.12. The largest absolute Gasteiger partial charge is 0.116 e. The molecule has 0 aromatic rings. The standard InChI is InChI=1S/C3H4BI/c4-2-1-3-5/h2,4H2. The molecule has 5 heavy (non-hydrogen) atoms. The molecule has 0 saturated carbocycles. The van der Waals surface area contributed by atoms with Crippen molar-refractivity contribution >= 4 is 30.4 Å². The third-order valence-corrected chi connectivity index (χ3v) is 0.625. The predicted octanol–water partition coefficient (Wildman–Crippen LogP) is 0.434. The molecule has 0 bridgehead atoms. The van der Waals surface area contributed by atoms with Gasteiger partial charge in [0.1, 0.15) is 7.85 Å². The Morgan fingerprint density at radius 1 is 1.80 bits per heavy atom. The van der Waals surface area contributed by atoms with E-state index in [4.69, 9.17) is 0 Å². The average Bonchev–Trinajstić information content (AvgIpc) is 1.41. The zero-order valence-corrected chi connectivity index (χ0v) is 5.24. The van der Waals surface area contributed by atoms with Crippen LogP contribution in [0.4, 0.5) is 0 Å². The number of halogens is 1. The Hall–Kier alpha value is 0.355. The van der Waals surface area contributed by atoms with Crippen molar-refractivity contribution in [2.45, 2.75) is 6.32 Å². The minimum atomic E-state index is 0.975. The average molecular weight is 178 g/mol. The highest BCUT2D eigenvalue weighted by atomic mass is 127. The fourth-order valence-electron chi connectivity index (χ4n) is 0.0668. The van der Waals surface area contributed by atoms with E-state index in [-0.39, 0.29) is 0 Å². The topological polar surface area (TPSA) is 0 Å². The first kappa shape index (κ1) is 5.35. The van der Waals surface area contributed by atoms with E-state index >= 15 is 0 Å². The van der Waals surface area contributed by atoms with Gasteiger partial charge in [-0.3, -0.25) is 0 Å². The Morgan fingerprint density at radius 2 is 2.40 bits per heavy atom. The predicted molar refractivity (Wildman–Crippen MR) is 35.1 cm³/mol. The molecule has 0 saturated heterocycles. The van der Waals surface area contributed by atoms with Crippen molar-refractivity contribution in [2.24, 2.45) is 0 Å². The Balaban J connectivity index is 2.81. The fraction of sp³-hybridized carbons (Fsp3) is 0.333. The van der Waals surface area contributed by atoms with Crippen molar-refractivity contribution in [3.8, 4) is 9.85 Å². The lowest BCUT2D eigenvalue weighted by molar-refractivity contribution is 1.89. The van der Waals surface area contributed by atoms with Gasteiger partial charge < -0.3 is 0 Å². The lowest BCUT2D eigenvalue weighted by Gasteiger charge is -1.55. The Labute approximate surface area is 46.9 Å². The minimum Gasteiger partial charge on any atom is -0.101 e. The summed E-state index contributed by atoms with van der Waals surface area (Å²) in [4.78, 5) is 0. The van der Waals surface area contributed by atoms with Gasteiger partial charge in [0.2, 0.25) is 0 Å². The first-order chi connectivity index (χ1) is 2.41. The highest BCUT2D eigenvalue weighted by Crippen LogP contribution is 1.70. The van der Waals surface area contributed by atoms with E-state index in [0.29, 0.717) is 0 Å². The summed E-state index contributed by atoms with van der Waals surface area (Å²) < 4.78 is 2.74. The molecule has 0 aliphatic carbocycles. The molecule has 0 aliphatic rings. The van der Waals surface area contributed by atoms with Crippen LogP contribution < -0.4 is 0 Å². The molecule has 0 N–H and O–H groups in total. The van der Waals surface area contributed by atoms with E-state index in [9.17, 15) is 0 Å². The van der Waals surface area contributed by atoms with Gasteiger partial charge in [-0.05, 0) is 10.2 Å². The number of hydrogen-bond donors (Lipinski definition) is 0. The second-order valence-electron chi connectivity index (χ2n) is 0.625. The van der Waals surface area contributed by atoms with Crippen LogP contribution in [0.2, 0.25) is 6.32 Å². The van der Waals surface area contributed by atoms with E-state index < -0.39 is 0 Å². The van der Waals surface area contributed by atoms with Crippen molar-refractivity contribution in [3.63, 3.8) is 0 Å². The van der Waals surface area contributed by atoms with E-state index in [1.807, 2.05) is 30.4 Å². The summed E-state index contributed by atoms with van der Waals surface area (Å²) in [6.07, 6.45) is 0.975. The highest BCUT2D eigenvalue weighted by molar-refractivity contribution is 14.1. The van der Waals surface area contributed by atoms with Crippen LogP contribution in [0.3, 0.4) is 0 Å². The molecular formula is C3H4BI. The second kappa shape index (κ2) is 4.35. The molecule has 26 valence electrons. The molecule has 0 spiro atoms. The molecule has 0 rings (SSSR count). The smallest absolute Gasteiger partial charge is 0.101 e. The maximum absolute atomic E-state index is 2.85. The highest BCUT2D eigenvalue weighted by Gasteiger charge is 1.51. The SMILES string of the molecule is BCC#CI. The summed E-state index contributed by atoms with van der Waals surface area (Å²) in [5.41, 5.74) is 0. The van der Waals surface area contributed by atoms with E-state index in [1.54, 1.807) is 0 Å². The van der Waals surface area contributed by atoms with Gasteiger partial charge in [-0.2, -0.15) is 0 Å². The minimum absolute atomic E-state index is 0.975. The first-order valence-corrected chi connectivity index (χ1v) is 2.58. The molecule has 0 aromatic heterocycles. The molecular weight excluding hydrogens is 174 g/mol. The van der Waals surface area contributed by atoms with Gasteiger partial charge >= 0.3 is 0 Å². The summed E-state index contributed by atoms with van der Waals surface area (Å²) in [6.45, 7) is 0. The van der Waals surface area contributed by atoms with Crippen LogP contribution in [0, 0.1) is 9.85 Å². The summed E-state index contributed by atoms with van der Waals surface area (Å²) in [5.74, 6) is 2.85. The van der Waals surface area contributed by atoms with Gasteiger partial charge in [-0.1, -0.05) is 0 Å². The molecule has 0 unspecified atom stereocenters.